The molecule has 15 heavy (non-hydrogen) atoms. The first-order valence-electron chi connectivity index (χ1n) is 4.84. The highest BCUT2D eigenvalue weighted by Gasteiger charge is 2.15. The van der Waals surface area contributed by atoms with E-state index in [2.05, 4.69) is 0 Å². The quantitative estimate of drug-likeness (QED) is 0.840. The van der Waals surface area contributed by atoms with Crippen LogP contribution in [0.3, 0.4) is 0 Å². The fourth-order valence-corrected chi connectivity index (χ4v) is 1.62. The largest absolute Gasteiger partial charge is 0.387 e. The highest BCUT2D eigenvalue weighted by Crippen LogP contribution is 2.28. The number of nitrogens with two attached hydrogens (primary N) is 1. The van der Waals surface area contributed by atoms with E-state index in [1.165, 1.54) is 6.07 Å². The number of aliphatic hydroxyl groups excluding tert-OH is 1. The van der Waals surface area contributed by atoms with E-state index in [0.717, 1.165) is 0 Å². The third kappa shape index (κ3) is 2.68. The standard InChI is InChI=1S/C11H15ClFNO/c1-6(2)8-3-7(10(15)5-14)4-9(12)11(8)13/h3-4,6,10,15H,5,14H2,1-2H3. The summed E-state index contributed by atoms with van der Waals surface area (Å²) in [6, 6.07) is 3.03. The summed E-state index contributed by atoms with van der Waals surface area (Å²) >= 11 is 5.74. The smallest absolute Gasteiger partial charge is 0.145 e. The van der Waals surface area contributed by atoms with Crippen LogP contribution in [-0.4, -0.2) is 11.7 Å². The lowest BCUT2D eigenvalue weighted by Crippen LogP contribution is -2.12. The molecule has 1 atom stereocenters. The molecule has 1 unspecified atom stereocenters. The molecular weight excluding hydrogens is 217 g/mol. The molecule has 0 bridgehead atoms. The summed E-state index contributed by atoms with van der Waals surface area (Å²) in [6.45, 7) is 3.83. The van der Waals surface area contributed by atoms with Crippen molar-refractivity contribution in [3.8, 4) is 0 Å². The lowest BCUT2D eigenvalue weighted by Gasteiger charge is -2.14. The van der Waals surface area contributed by atoms with Crippen molar-refractivity contribution in [1.29, 1.82) is 0 Å². The zero-order chi connectivity index (χ0) is 11.6. The molecule has 0 aliphatic heterocycles. The Bertz CT molecular complexity index is 355. The molecule has 84 valence electrons. The number of aliphatic hydroxyl groups is 1. The van der Waals surface area contributed by atoms with Crippen LogP contribution in [0.2, 0.25) is 5.02 Å². The first-order valence-corrected chi connectivity index (χ1v) is 5.22. The minimum atomic E-state index is -0.791. The van der Waals surface area contributed by atoms with Crippen molar-refractivity contribution in [3.05, 3.63) is 34.1 Å². The molecular formula is C11H15ClFNO. The predicted octanol–water partition coefficient (Wildman–Crippen LogP) is 2.59. The molecule has 0 fully saturated rings. The molecule has 0 radical (unpaired) electrons. The van der Waals surface area contributed by atoms with Crippen LogP contribution < -0.4 is 5.73 Å². The van der Waals surface area contributed by atoms with Gasteiger partial charge in [0, 0.05) is 6.54 Å². The van der Waals surface area contributed by atoms with Crippen molar-refractivity contribution in [1.82, 2.24) is 0 Å². The lowest BCUT2D eigenvalue weighted by atomic mass is 9.98. The zero-order valence-electron chi connectivity index (χ0n) is 8.80. The van der Waals surface area contributed by atoms with Crippen LogP contribution in [0, 0.1) is 5.82 Å². The minimum absolute atomic E-state index is 0.0208. The molecule has 1 aromatic carbocycles. The molecule has 0 amide bonds. The van der Waals surface area contributed by atoms with E-state index in [4.69, 9.17) is 17.3 Å². The van der Waals surface area contributed by atoms with Crippen LogP contribution in [0.4, 0.5) is 4.39 Å². The van der Waals surface area contributed by atoms with E-state index in [9.17, 15) is 9.50 Å². The lowest BCUT2D eigenvalue weighted by molar-refractivity contribution is 0.186. The van der Waals surface area contributed by atoms with Crippen molar-refractivity contribution in [2.45, 2.75) is 25.9 Å². The molecule has 4 heteroatoms. The maximum Gasteiger partial charge on any atom is 0.145 e. The van der Waals surface area contributed by atoms with Gasteiger partial charge < -0.3 is 10.8 Å². The molecule has 0 aromatic heterocycles. The molecule has 0 saturated heterocycles. The Morgan fingerprint density at radius 1 is 1.47 bits per heavy atom. The second kappa shape index (κ2) is 4.92. The van der Waals surface area contributed by atoms with E-state index in [1.54, 1.807) is 6.07 Å². The summed E-state index contributed by atoms with van der Waals surface area (Å²) in [7, 11) is 0. The molecule has 0 saturated carbocycles. The summed E-state index contributed by atoms with van der Waals surface area (Å²) in [5.41, 5.74) is 6.40. The van der Waals surface area contributed by atoms with Gasteiger partial charge in [0.2, 0.25) is 0 Å². The van der Waals surface area contributed by atoms with Crippen molar-refractivity contribution in [3.63, 3.8) is 0 Å². The van der Waals surface area contributed by atoms with Crippen LogP contribution in [-0.2, 0) is 0 Å². The molecule has 0 spiro atoms. The fourth-order valence-electron chi connectivity index (χ4n) is 1.38. The number of hydrogen-bond donors (Lipinski definition) is 2. The molecule has 2 nitrogen and oxygen atoms in total. The number of hydrogen-bond acceptors (Lipinski definition) is 2. The number of benzene rings is 1. The summed E-state index contributed by atoms with van der Waals surface area (Å²) in [6.07, 6.45) is -0.791. The molecule has 1 aromatic rings. The molecule has 0 aliphatic rings. The molecule has 1 rings (SSSR count). The Labute approximate surface area is 93.9 Å². The van der Waals surface area contributed by atoms with Gasteiger partial charge >= 0.3 is 0 Å². The second-order valence-corrected chi connectivity index (χ2v) is 4.22. The highest BCUT2D eigenvalue weighted by atomic mass is 35.5. The fraction of sp³-hybridized carbons (Fsp3) is 0.455. The first-order chi connectivity index (χ1) is 6.97. The third-order valence-electron chi connectivity index (χ3n) is 2.31. The van der Waals surface area contributed by atoms with Crippen LogP contribution in [0.15, 0.2) is 12.1 Å². The maximum atomic E-state index is 13.6. The van der Waals surface area contributed by atoms with E-state index in [-0.39, 0.29) is 17.5 Å². The third-order valence-corrected chi connectivity index (χ3v) is 2.58. The molecule has 3 N–H and O–H groups in total. The summed E-state index contributed by atoms with van der Waals surface area (Å²) in [5.74, 6) is -0.396. The van der Waals surface area contributed by atoms with E-state index < -0.39 is 11.9 Å². The molecule has 0 aliphatic carbocycles. The van der Waals surface area contributed by atoms with Gasteiger partial charge in [-0.3, -0.25) is 0 Å². The average Bonchev–Trinajstić information content (AvgIpc) is 2.20. The van der Waals surface area contributed by atoms with Crippen molar-refractivity contribution >= 4 is 11.6 Å². The van der Waals surface area contributed by atoms with Gasteiger partial charge in [0.05, 0.1) is 11.1 Å². The first kappa shape index (κ1) is 12.4. The van der Waals surface area contributed by atoms with Gasteiger partial charge in [-0.25, -0.2) is 4.39 Å². The Kier molecular flexibility index (Phi) is 4.08. The van der Waals surface area contributed by atoms with Crippen LogP contribution in [0.1, 0.15) is 37.0 Å². The normalized spacial score (nSPS) is 13.3. The minimum Gasteiger partial charge on any atom is -0.387 e. The highest BCUT2D eigenvalue weighted by molar-refractivity contribution is 6.30. The van der Waals surface area contributed by atoms with Crippen LogP contribution >= 0.6 is 11.6 Å². The van der Waals surface area contributed by atoms with Gasteiger partial charge in [0.25, 0.3) is 0 Å². The Balaban J connectivity index is 3.23. The van der Waals surface area contributed by atoms with E-state index in [1.807, 2.05) is 13.8 Å². The number of halogens is 2. The number of rotatable bonds is 3. The van der Waals surface area contributed by atoms with Crippen molar-refractivity contribution in [2.75, 3.05) is 6.54 Å². The van der Waals surface area contributed by atoms with Crippen LogP contribution in [0.25, 0.3) is 0 Å². The summed E-state index contributed by atoms with van der Waals surface area (Å²) in [4.78, 5) is 0. The van der Waals surface area contributed by atoms with Crippen molar-refractivity contribution in [2.24, 2.45) is 5.73 Å². The Morgan fingerprint density at radius 3 is 2.53 bits per heavy atom. The van der Waals surface area contributed by atoms with E-state index in [0.29, 0.717) is 11.1 Å². The monoisotopic (exact) mass is 231 g/mol. The summed E-state index contributed by atoms with van der Waals surface area (Å²) in [5, 5.41) is 9.58. The Hall–Kier alpha value is -0.640. The predicted molar refractivity (Wildman–Crippen MR) is 59.5 cm³/mol. The zero-order valence-corrected chi connectivity index (χ0v) is 9.55. The van der Waals surface area contributed by atoms with Gasteiger partial charge in [-0.05, 0) is 29.2 Å². The van der Waals surface area contributed by atoms with Gasteiger partial charge in [-0.15, -0.1) is 0 Å². The van der Waals surface area contributed by atoms with Crippen LogP contribution in [0.5, 0.6) is 0 Å². The van der Waals surface area contributed by atoms with Gasteiger partial charge in [0.15, 0.2) is 0 Å². The maximum absolute atomic E-state index is 13.6. The van der Waals surface area contributed by atoms with Gasteiger partial charge in [-0.2, -0.15) is 0 Å². The van der Waals surface area contributed by atoms with Crippen molar-refractivity contribution < 1.29 is 9.50 Å². The van der Waals surface area contributed by atoms with E-state index >= 15 is 0 Å². The Morgan fingerprint density at radius 2 is 2.07 bits per heavy atom. The molecule has 0 heterocycles. The summed E-state index contributed by atoms with van der Waals surface area (Å²) < 4.78 is 13.6. The second-order valence-electron chi connectivity index (χ2n) is 3.81. The average molecular weight is 232 g/mol. The topological polar surface area (TPSA) is 46.2 Å². The van der Waals surface area contributed by atoms with Gasteiger partial charge in [-0.1, -0.05) is 25.4 Å². The SMILES string of the molecule is CC(C)c1cc(C(O)CN)cc(Cl)c1F. The van der Waals surface area contributed by atoms with Gasteiger partial charge in [0.1, 0.15) is 5.82 Å².